The maximum atomic E-state index is 14.5. The predicted octanol–water partition coefficient (Wildman–Crippen LogP) is 5.43. The molecule has 2 aromatic carbocycles. The van der Waals surface area contributed by atoms with Gasteiger partial charge in [0, 0.05) is 30.5 Å². The quantitative estimate of drug-likeness (QED) is 0.393. The van der Waals surface area contributed by atoms with Gasteiger partial charge < -0.3 is 14.4 Å². The molecule has 0 aliphatic carbocycles. The molecule has 3 heterocycles. The summed E-state index contributed by atoms with van der Waals surface area (Å²) in [6.07, 6.45) is -0.786. The van der Waals surface area contributed by atoms with Gasteiger partial charge in [0.1, 0.15) is 11.8 Å². The molecule has 0 spiro atoms. The van der Waals surface area contributed by atoms with Gasteiger partial charge in [-0.1, -0.05) is 64.1 Å². The molecule has 1 saturated heterocycles. The van der Waals surface area contributed by atoms with Crippen LogP contribution in [0.2, 0.25) is 0 Å². The molecule has 2 amide bonds. The maximum Gasteiger partial charge on any atom is 0.303 e. The number of benzene rings is 2. The van der Waals surface area contributed by atoms with E-state index in [0.29, 0.717) is 22.4 Å². The highest BCUT2D eigenvalue weighted by atomic mass is 16.6. The van der Waals surface area contributed by atoms with Crippen LogP contribution in [0.25, 0.3) is 11.1 Å². The van der Waals surface area contributed by atoms with E-state index in [-0.39, 0.29) is 11.8 Å². The topological polar surface area (TPSA) is 76.2 Å². The summed E-state index contributed by atoms with van der Waals surface area (Å²) in [6.45, 7) is 15.3. The number of esters is 1. The van der Waals surface area contributed by atoms with Crippen LogP contribution in [0, 0.1) is 10.8 Å². The molecular weight excluding hydrogens is 480 g/mol. The lowest BCUT2D eigenvalue weighted by Gasteiger charge is -2.66. The average molecular weight is 517 g/mol. The van der Waals surface area contributed by atoms with Crippen LogP contribution in [0.1, 0.15) is 66.5 Å². The van der Waals surface area contributed by atoms with Gasteiger partial charge in [-0.05, 0) is 32.9 Å². The van der Waals surface area contributed by atoms with E-state index in [9.17, 15) is 14.4 Å². The number of anilines is 2. The fraction of sp³-hybridized carbons (Fsp3) is 0.452. The number of hydrogen-bond acceptors (Lipinski definition) is 5. The van der Waals surface area contributed by atoms with Gasteiger partial charge in [-0.3, -0.25) is 19.3 Å². The third kappa shape index (κ3) is 3.14. The number of ether oxygens (including phenoxy) is 2. The number of rotatable bonds is 2. The van der Waals surface area contributed by atoms with Crippen LogP contribution in [-0.2, 0) is 23.9 Å². The third-order valence-corrected chi connectivity index (χ3v) is 9.70. The number of likely N-dealkylation sites (N-methyl/N-ethyl adjacent to an activating group) is 1. The minimum atomic E-state index is -1.00. The van der Waals surface area contributed by atoms with Crippen molar-refractivity contribution in [2.24, 2.45) is 10.8 Å². The summed E-state index contributed by atoms with van der Waals surface area (Å²) < 4.78 is 12.9. The van der Waals surface area contributed by atoms with E-state index in [1.165, 1.54) is 6.92 Å². The van der Waals surface area contributed by atoms with Crippen molar-refractivity contribution in [3.63, 3.8) is 0 Å². The van der Waals surface area contributed by atoms with E-state index >= 15 is 0 Å². The Labute approximate surface area is 224 Å². The summed E-state index contributed by atoms with van der Waals surface area (Å²) in [5.41, 5.74) is 0.363. The van der Waals surface area contributed by atoms with Crippen LogP contribution in [0.3, 0.4) is 0 Å². The summed E-state index contributed by atoms with van der Waals surface area (Å²) in [4.78, 5) is 43.7. The molecule has 3 aliphatic rings. The first-order valence-electron chi connectivity index (χ1n) is 13.0. The predicted molar refractivity (Wildman–Crippen MR) is 147 cm³/mol. The number of hydrogen-bond donors (Lipinski definition) is 0. The largest absolute Gasteiger partial charge is 0.458 e. The second-order valence-electron chi connectivity index (χ2n) is 12.3. The van der Waals surface area contributed by atoms with Crippen LogP contribution in [0.15, 0.2) is 48.5 Å². The smallest absolute Gasteiger partial charge is 0.303 e. The molecule has 0 radical (unpaired) electrons. The number of fused-ring (bicyclic) bond motifs is 2. The molecular formula is C31H36N2O5. The van der Waals surface area contributed by atoms with Gasteiger partial charge in [0.25, 0.3) is 11.8 Å². The summed E-state index contributed by atoms with van der Waals surface area (Å²) >= 11 is 0. The summed E-state index contributed by atoms with van der Waals surface area (Å²) in [7, 11) is 1.72. The molecule has 0 bridgehead atoms. The van der Waals surface area contributed by atoms with Gasteiger partial charge >= 0.3 is 5.97 Å². The first-order chi connectivity index (χ1) is 17.6. The van der Waals surface area contributed by atoms with Gasteiger partial charge in [0.05, 0.1) is 33.5 Å². The first kappa shape index (κ1) is 26.2. The van der Waals surface area contributed by atoms with E-state index in [1.54, 1.807) is 16.8 Å². The number of carbonyl (C=O) groups is 3. The van der Waals surface area contributed by atoms with Crippen LogP contribution >= 0.6 is 0 Å². The van der Waals surface area contributed by atoms with Crippen molar-refractivity contribution in [3.8, 4) is 0 Å². The highest BCUT2D eigenvalue weighted by Crippen LogP contribution is 2.61. The molecule has 3 aliphatic heterocycles. The van der Waals surface area contributed by atoms with Crippen LogP contribution in [0.5, 0.6) is 0 Å². The van der Waals surface area contributed by atoms with E-state index in [4.69, 9.17) is 9.47 Å². The van der Waals surface area contributed by atoms with Crippen LogP contribution in [-0.4, -0.2) is 42.3 Å². The number of amides is 2. The second-order valence-corrected chi connectivity index (χ2v) is 12.3. The minimum Gasteiger partial charge on any atom is -0.458 e. The van der Waals surface area contributed by atoms with E-state index in [2.05, 4.69) is 0 Å². The van der Waals surface area contributed by atoms with Gasteiger partial charge in [-0.25, -0.2) is 0 Å². The summed E-state index contributed by atoms with van der Waals surface area (Å²) in [6, 6.07) is 15.0. The molecule has 0 N–H and O–H groups in total. The zero-order valence-corrected chi connectivity index (χ0v) is 23.6. The molecule has 200 valence electrons. The Kier molecular flexibility index (Phi) is 5.53. The fourth-order valence-corrected chi connectivity index (χ4v) is 6.44. The summed E-state index contributed by atoms with van der Waals surface area (Å²) in [5, 5.41) is 0. The number of para-hydroxylation sites is 2. The molecule has 2 unspecified atom stereocenters. The maximum absolute atomic E-state index is 14.5. The fourth-order valence-electron chi connectivity index (χ4n) is 6.44. The van der Waals surface area contributed by atoms with Crippen LogP contribution < -0.4 is 9.80 Å². The standard InChI is InChI=1S/C31H36N2O5/c1-18(34)37-31(8)28(2,3)27(38-30(6,7)29(31,4)5)33-22-17-13-11-15-20(22)24(26(33)36)23-19-14-10-12-16-21(19)32(9)25(23)35/h10-17,27H,1-9H3/b24-23+. The van der Waals surface area contributed by atoms with Crippen molar-refractivity contribution in [1.29, 1.82) is 0 Å². The SMILES string of the molecule is CC(=O)OC1(C)C(C)(C)C(N2C(=O)/C(=C3/C(=O)N(C)c4ccccc43)c3ccccc32)OC(C)(C)C1(C)C. The highest BCUT2D eigenvalue weighted by molar-refractivity contribution is 6.49. The first-order valence-corrected chi connectivity index (χ1v) is 13.0. The monoisotopic (exact) mass is 516 g/mol. The molecule has 38 heavy (non-hydrogen) atoms. The Morgan fingerprint density at radius 2 is 1.32 bits per heavy atom. The Morgan fingerprint density at radius 1 is 0.816 bits per heavy atom. The Hall–Kier alpha value is -3.45. The summed E-state index contributed by atoms with van der Waals surface area (Å²) in [5.74, 6) is -0.920. The van der Waals surface area contributed by atoms with Gasteiger partial charge in [-0.2, -0.15) is 0 Å². The van der Waals surface area contributed by atoms with E-state index in [1.807, 2.05) is 97.0 Å². The van der Waals surface area contributed by atoms with Crippen molar-refractivity contribution in [2.75, 3.05) is 16.8 Å². The van der Waals surface area contributed by atoms with Gasteiger partial charge in [-0.15, -0.1) is 0 Å². The number of carbonyl (C=O) groups excluding carboxylic acids is 3. The Bertz CT molecular complexity index is 1420. The average Bonchev–Trinajstić information content (AvgIpc) is 3.25. The molecule has 7 nitrogen and oxygen atoms in total. The molecule has 2 aromatic rings. The lowest BCUT2D eigenvalue weighted by molar-refractivity contribution is -0.319. The van der Waals surface area contributed by atoms with Gasteiger partial charge in [0.2, 0.25) is 0 Å². The molecule has 0 saturated carbocycles. The van der Waals surface area contributed by atoms with Crippen LogP contribution in [0.4, 0.5) is 11.4 Å². The van der Waals surface area contributed by atoms with Crippen molar-refractivity contribution in [2.45, 2.75) is 72.8 Å². The normalized spacial score (nSPS) is 28.8. The van der Waals surface area contributed by atoms with E-state index in [0.717, 1.165) is 11.3 Å². The lowest BCUT2D eigenvalue weighted by Crippen LogP contribution is -2.75. The Morgan fingerprint density at radius 3 is 1.89 bits per heavy atom. The molecule has 1 fully saturated rings. The van der Waals surface area contributed by atoms with Crippen molar-refractivity contribution >= 4 is 40.3 Å². The number of nitrogens with zero attached hydrogens (tertiary/aromatic N) is 2. The van der Waals surface area contributed by atoms with Crippen molar-refractivity contribution < 1.29 is 23.9 Å². The lowest BCUT2D eigenvalue weighted by atomic mass is 9.53. The zero-order chi connectivity index (χ0) is 28.0. The molecule has 7 heteroatoms. The minimum absolute atomic E-state index is 0.221. The molecule has 2 atom stereocenters. The van der Waals surface area contributed by atoms with Crippen molar-refractivity contribution in [3.05, 3.63) is 59.7 Å². The second kappa shape index (κ2) is 8.03. The molecule has 0 aromatic heterocycles. The Balaban J connectivity index is 1.74. The van der Waals surface area contributed by atoms with Crippen molar-refractivity contribution in [1.82, 2.24) is 0 Å². The zero-order valence-electron chi connectivity index (χ0n) is 23.6. The highest BCUT2D eigenvalue weighted by Gasteiger charge is 2.70. The third-order valence-electron chi connectivity index (χ3n) is 9.70. The molecule has 5 rings (SSSR count). The van der Waals surface area contributed by atoms with E-state index < -0.39 is 34.2 Å². The van der Waals surface area contributed by atoms with Gasteiger partial charge in [0.15, 0.2) is 0 Å².